The Morgan fingerprint density at radius 3 is 1.26 bits per heavy atom. The minimum absolute atomic E-state index is 0.227. The predicted molar refractivity (Wildman–Crippen MR) is 121 cm³/mol. The fraction of sp³-hybridized carbons (Fsp3) is 0.368. The molecule has 0 radical (unpaired) electrons. The summed E-state index contributed by atoms with van der Waals surface area (Å²) in [5.74, 6) is 1.34. The van der Waals surface area contributed by atoms with Crippen molar-refractivity contribution < 1.29 is 19.7 Å². The Hall–Kier alpha value is -0.120. The molecule has 0 bridgehead atoms. The molecule has 8 heteroatoms. The molecule has 0 aliphatic heterocycles. The lowest BCUT2D eigenvalue weighted by Gasteiger charge is -2.15. The molecule has 0 saturated carbocycles. The fourth-order valence-corrected chi connectivity index (χ4v) is 5.37. The van der Waals surface area contributed by atoms with Gasteiger partial charge in [-0.15, -0.1) is 0 Å². The van der Waals surface area contributed by atoms with Crippen molar-refractivity contribution in [3.63, 3.8) is 0 Å². The van der Waals surface area contributed by atoms with Gasteiger partial charge < -0.3 is 19.7 Å². The number of ether oxygens (including phenoxy) is 2. The molecule has 27 heavy (non-hydrogen) atoms. The monoisotopic (exact) mass is 628 g/mol. The van der Waals surface area contributed by atoms with E-state index in [-0.39, 0.29) is 13.2 Å². The minimum Gasteiger partial charge on any atom is -0.489 e. The third-order valence-electron chi connectivity index (χ3n) is 3.46. The standard InChI is InChI=1S/C19H20Br4O4/c1-10(24)8-26-18-14(20)4-12(5-15(18)21)3-13-6-16(22)19(17(23)7-13)27-9-11(2)25/h4-7,10-11,24-25H,3,8-9H2,1-2H3. The molecule has 2 unspecified atom stereocenters. The summed E-state index contributed by atoms with van der Waals surface area (Å²) in [6.45, 7) is 3.82. The predicted octanol–water partition coefficient (Wildman–Crippen LogP) is 5.85. The van der Waals surface area contributed by atoms with Crippen molar-refractivity contribution >= 4 is 63.7 Å². The molecule has 2 aromatic rings. The molecule has 4 nitrogen and oxygen atoms in total. The van der Waals surface area contributed by atoms with Gasteiger partial charge in [-0.2, -0.15) is 0 Å². The third-order valence-corrected chi connectivity index (χ3v) is 5.82. The number of aliphatic hydroxyl groups is 2. The largest absolute Gasteiger partial charge is 0.489 e. The van der Waals surface area contributed by atoms with Crippen molar-refractivity contribution in [2.24, 2.45) is 0 Å². The van der Waals surface area contributed by atoms with Gasteiger partial charge in [0.15, 0.2) is 0 Å². The average Bonchev–Trinajstić information content (AvgIpc) is 2.52. The second kappa shape index (κ2) is 10.6. The van der Waals surface area contributed by atoms with E-state index in [1.165, 1.54) is 0 Å². The molecule has 2 N–H and O–H groups in total. The van der Waals surface area contributed by atoms with Gasteiger partial charge >= 0.3 is 0 Å². The second-order valence-electron chi connectivity index (χ2n) is 6.27. The van der Waals surface area contributed by atoms with E-state index in [9.17, 15) is 10.2 Å². The molecule has 2 rings (SSSR count). The van der Waals surface area contributed by atoms with Crippen LogP contribution in [0.3, 0.4) is 0 Å². The molecule has 0 saturated heterocycles. The zero-order valence-corrected chi connectivity index (χ0v) is 21.2. The summed E-state index contributed by atoms with van der Waals surface area (Å²) in [5.41, 5.74) is 2.18. The lowest BCUT2D eigenvalue weighted by molar-refractivity contribution is 0.121. The van der Waals surface area contributed by atoms with Crippen LogP contribution in [0.25, 0.3) is 0 Å². The van der Waals surface area contributed by atoms with Gasteiger partial charge in [-0.1, -0.05) is 0 Å². The fourth-order valence-electron chi connectivity index (χ4n) is 2.35. The maximum absolute atomic E-state index is 9.40. The Morgan fingerprint density at radius 1 is 0.704 bits per heavy atom. The normalized spacial score (nSPS) is 13.3. The second-order valence-corrected chi connectivity index (χ2v) is 9.69. The first kappa shape index (κ1) is 23.2. The first-order valence-corrected chi connectivity index (χ1v) is 11.4. The number of benzene rings is 2. The van der Waals surface area contributed by atoms with Gasteiger partial charge in [-0.05, 0) is 119 Å². The number of hydrogen-bond acceptors (Lipinski definition) is 4. The number of aliphatic hydroxyl groups excluding tert-OH is 2. The van der Waals surface area contributed by atoms with Crippen molar-refractivity contribution in [2.75, 3.05) is 13.2 Å². The summed E-state index contributed by atoms with van der Waals surface area (Å²) in [4.78, 5) is 0. The zero-order valence-electron chi connectivity index (χ0n) is 14.8. The Morgan fingerprint density at radius 2 is 1.00 bits per heavy atom. The summed E-state index contributed by atoms with van der Waals surface area (Å²) in [5, 5.41) is 18.8. The highest BCUT2D eigenvalue weighted by Gasteiger charge is 2.13. The maximum atomic E-state index is 9.40. The van der Waals surface area contributed by atoms with Crippen LogP contribution >= 0.6 is 63.7 Å². The van der Waals surface area contributed by atoms with Crippen molar-refractivity contribution in [3.8, 4) is 11.5 Å². The van der Waals surface area contributed by atoms with E-state index in [0.717, 1.165) is 29.0 Å². The van der Waals surface area contributed by atoms with Crippen molar-refractivity contribution in [2.45, 2.75) is 32.5 Å². The molecular weight excluding hydrogens is 612 g/mol. The average molecular weight is 632 g/mol. The molecule has 0 aromatic heterocycles. The SMILES string of the molecule is CC(O)COc1c(Br)cc(Cc2cc(Br)c(OCC(C)O)c(Br)c2)cc1Br. The quantitative estimate of drug-likeness (QED) is 0.384. The lowest BCUT2D eigenvalue weighted by atomic mass is 10.0. The first-order valence-electron chi connectivity index (χ1n) is 8.25. The highest BCUT2D eigenvalue weighted by molar-refractivity contribution is 9.11. The van der Waals surface area contributed by atoms with E-state index in [2.05, 4.69) is 63.7 Å². The van der Waals surface area contributed by atoms with Crippen LogP contribution in [-0.4, -0.2) is 35.6 Å². The van der Waals surface area contributed by atoms with Crippen LogP contribution in [-0.2, 0) is 6.42 Å². The van der Waals surface area contributed by atoms with E-state index in [0.29, 0.717) is 17.9 Å². The van der Waals surface area contributed by atoms with E-state index in [1.807, 2.05) is 24.3 Å². The Balaban J connectivity index is 2.19. The van der Waals surface area contributed by atoms with Gasteiger partial charge in [-0.3, -0.25) is 0 Å². The van der Waals surface area contributed by atoms with Gasteiger partial charge in [0, 0.05) is 0 Å². The van der Waals surface area contributed by atoms with Crippen LogP contribution in [0.4, 0.5) is 0 Å². The number of halogens is 4. The van der Waals surface area contributed by atoms with Crippen LogP contribution in [0.5, 0.6) is 11.5 Å². The van der Waals surface area contributed by atoms with Gasteiger partial charge in [0.05, 0.1) is 30.1 Å². The minimum atomic E-state index is -0.535. The summed E-state index contributed by atoms with van der Waals surface area (Å²) in [7, 11) is 0. The molecule has 2 atom stereocenters. The Bertz CT molecular complexity index is 682. The topological polar surface area (TPSA) is 58.9 Å². The summed E-state index contributed by atoms with van der Waals surface area (Å²) < 4.78 is 14.6. The molecule has 0 heterocycles. The van der Waals surface area contributed by atoms with Crippen molar-refractivity contribution in [1.29, 1.82) is 0 Å². The summed E-state index contributed by atoms with van der Waals surface area (Å²) in [6.07, 6.45) is -0.359. The van der Waals surface area contributed by atoms with Gasteiger partial charge in [0.25, 0.3) is 0 Å². The lowest BCUT2D eigenvalue weighted by Crippen LogP contribution is -2.13. The molecule has 0 aliphatic rings. The Labute approximate surface area is 192 Å². The van der Waals surface area contributed by atoms with Crippen LogP contribution in [0, 0.1) is 0 Å². The third kappa shape index (κ3) is 7.01. The Kier molecular flexibility index (Phi) is 9.09. The van der Waals surface area contributed by atoms with Crippen LogP contribution < -0.4 is 9.47 Å². The zero-order chi connectivity index (χ0) is 20.1. The van der Waals surface area contributed by atoms with Crippen LogP contribution in [0.1, 0.15) is 25.0 Å². The molecule has 2 aromatic carbocycles. The van der Waals surface area contributed by atoms with E-state index in [4.69, 9.17) is 9.47 Å². The molecule has 148 valence electrons. The number of hydrogen-bond donors (Lipinski definition) is 2. The van der Waals surface area contributed by atoms with Crippen LogP contribution in [0.2, 0.25) is 0 Å². The highest BCUT2D eigenvalue weighted by Crippen LogP contribution is 2.38. The maximum Gasteiger partial charge on any atom is 0.147 e. The van der Waals surface area contributed by atoms with Gasteiger partial charge in [0.2, 0.25) is 0 Å². The molecule has 0 spiro atoms. The summed E-state index contributed by atoms with van der Waals surface area (Å²) in [6, 6.07) is 8.01. The van der Waals surface area contributed by atoms with E-state index in [1.54, 1.807) is 13.8 Å². The van der Waals surface area contributed by atoms with Crippen molar-refractivity contribution in [3.05, 3.63) is 53.3 Å². The highest BCUT2D eigenvalue weighted by atomic mass is 79.9. The molecular formula is C19H20Br4O4. The van der Waals surface area contributed by atoms with Crippen LogP contribution in [0.15, 0.2) is 42.2 Å². The van der Waals surface area contributed by atoms with Crippen molar-refractivity contribution in [1.82, 2.24) is 0 Å². The van der Waals surface area contributed by atoms with E-state index < -0.39 is 12.2 Å². The smallest absolute Gasteiger partial charge is 0.147 e. The van der Waals surface area contributed by atoms with Gasteiger partial charge in [-0.25, -0.2) is 0 Å². The molecule has 0 fully saturated rings. The van der Waals surface area contributed by atoms with Gasteiger partial charge in [0.1, 0.15) is 24.7 Å². The molecule has 0 aliphatic carbocycles. The first-order chi connectivity index (χ1) is 12.7. The summed E-state index contributed by atoms with van der Waals surface area (Å²) >= 11 is 14.1. The number of rotatable bonds is 8. The van der Waals surface area contributed by atoms with E-state index >= 15 is 0 Å². The molecule has 0 amide bonds.